The molecule has 1 fully saturated rings. The van der Waals surface area contributed by atoms with Gasteiger partial charge < -0.3 is 10.2 Å². The van der Waals surface area contributed by atoms with Crippen LogP contribution in [0.3, 0.4) is 0 Å². The molecule has 3 unspecified atom stereocenters. The highest BCUT2D eigenvalue weighted by Crippen LogP contribution is 2.20. The molecule has 0 aromatic heterocycles. The molecule has 1 aliphatic rings. The lowest BCUT2D eigenvalue weighted by Gasteiger charge is -2.36. The molecule has 1 N–H and O–H groups in total. The highest BCUT2D eigenvalue weighted by molar-refractivity contribution is 4.99. The van der Waals surface area contributed by atoms with Crippen molar-refractivity contribution >= 4 is 0 Å². The lowest BCUT2D eigenvalue weighted by atomic mass is 9.91. The lowest BCUT2D eigenvalue weighted by molar-refractivity contribution is 0.149. The van der Waals surface area contributed by atoms with Gasteiger partial charge in [0.15, 0.2) is 0 Å². The third-order valence-corrected chi connectivity index (χ3v) is 3.86. The Kier molecular flexibility index (Phi) is 6.62. The van der Waals surface area contributed by atoms with Gasteiger partial charge in [-0.1, -0.05) is 19.8 Å². The van der Waals surface area contributed by atoms with Gasteiger partial charge in [0.05, 0.1) is 6.04 Å². The fourth-order valence-corrected chi connectivity index (χ4v) is 2.76. The summed E-state index contributed by atoms with van der Waals surface area (Å²) in [6, 6.07) is 0.780. The van der Waals surface area contributed by atoms with Crippen molar-refractivity contribution in [2.75, 3.05) is 19.6 Å². The van der Waals surface area contributed by atoms with Crippen molar-refractivity contribution < 1.29 is 0 Å². The van der Waals surface area contributed by atoms with Gasteiger partial charge in [0.2, 0.25) is 0 Å². The molecule has 0 saturated carbocycles. The van der Waals surface area contributed by atoms with Crippen molar-refractivity contribution in [3.05, 3.63) is 0 Å². The number of piperidine rings is 1. The number of terminal acetylenes is 1. The second-order valence-electron chi connectivity index (χ2n) is 5.29. The molecule has 2 heteroatoms. The Morgan fingerprint density at radius 2 is 2.24 bits per heavy atom. The first-order valence-electron chi connectivity index (χ1n) is 7.15. The van der Waals surface area contributed by atoms with Crippen LogP contribution in [-0.4, -0.2) is 36.6 Å². The average molecular weight is 236 g/mol. The van der Waals surface area contributed by atoms with E-state index < -0.39 is 0 Å². The van der Waals surface area contributed by atoms with Crippen LogP contribution in [0.15, 0.2) is 0 Å². The quantitative estimate of drug-likeness (QED) is 0.713. The fourth-order valence-electron chi connectivity index (χ4n) is 2.76. The number of hydrogen-bond acceptors (Lipinski definition) is 2. The van der Waals surface area contributed by atoms with E-state index in [1.54, 1.807) is 0 Å². The van der Waals surface area contributed by atoms with Crippen LogP contribution in [0.4, 0.5) is 0 Å². The zero-order valence-corrected chi connectivity index (χ0v) is 11.7. The van der Waals surface area contributed by atoms with Crippen molar-refractivity contribution in [3.8, 4) is 12.3 Å². The van der Waals surface area contributed by atoms with Gasteiger partial charge in [0, 0.05) is 12.6 Å². The first kappa shape index (κ1) is 14.5. The van der Waals surface area contributed by atoms with Crippen molar-refractivity contribution in [1.82, 2.24) is 10.2 Å². The van der Waals surface area contributed by atoms with Gasteiger partial charge in [-0.3, -0.25) is 0 Å². The van der Waals surface area contributed by atoms with E-state index in [9.17, 15) is 0 Å². The van der Waals surface area contributed by atoms with Crippen LogP contribution >= 0.6 is 0 Å². The van der Waals surface area contributed by atoms with Gasteiger partial charge in [-0.05, 0) is 51.6 Å². The van der Waals surface area contributed by atoms with Crippen LogP contribution in [0.2, 0.25) is 0 Å². The molecule has 3 atom stereocenters. The summed E-state index contributed by atoms with van der Waals surface area (Å²) in [5.74, 6) is 3.60. The highest BCUT2D eigenvalue weighted by atomic mass is 15.1. The molecule has 0 radical (unpaired) electrons. The first-order chi connectivity index (χ1) is 8.21. The Morgan fingerprint density at radius 1 is 1.47 bits per heavy atom. The molecule has 0 bridgehead atoms. The first-order valence-corrected chi connectivity index (χ1v) is 7.15. The summed E-state index contributed by atoms with van der Waals surface area (Å²) in [4.78, 5) is 2.60. The molecule has 1 aliphatic heterocycles. The van der Waals surface area contributed by atoms with E-state index in [2.05, 4.69) is 36.9 Å². The van der Waals surface area contributed by atoms with E-state index in [1.165, 1.54) is 38.9 Å². The Balaban J connectivity index is 2.40. The van der Waals surface area contributed by atoms with Crippen LogP contribution in [0.25, 0.3) is 0 Å². The predicted molar refractivity (Wildman–Crippen MR) is 75.0 cm³/mol. The van der Waals surface area contributed by atoms with Crippen LogP contribution in [-0.2, 0) is 0 Å². The molecule has 17 heavy (non-hydrogen) atoms. The van der Waals surface area contributed by atoms with E-state index in [1.807, 2.05) is 0 Å². The normalized spacial score (nSPS) is 25.2. The van der Waals surface area contributed by atoms with Gasteiger partial charge in [0.1, 0.15) is 0 Å². The van der Waals surface area contributed by atoms with Gasteiger partial charge in [-0.25, -0.2) is 0 Å². The minimum Gasteiger partial charge on any atom is -0.303 e. The van der Waals surface area contributed by atoms with Crippen LogP contribution in [0, 0.1) is 18.3 Å². The van der Waals surface area contributed by atoms with Gasteiger partial charge in [-0.2, -0.15) is 0 Å². The molecule has 1 heterocycles. The molecule has 0 aromatic carbocycles. The molecule has 2 nitrogen and oxygen atoms in total. The highest BCUT2D eigenvalue weighted by Gasteiger charge is 2.24. The second kappa shape index (κ2) is 7.74. The number of hydrogen-bond donors (Lipinski definition) is 1. The van der Waals surface area contributed by atoms with E-state index in [-0.39, 0.29) is 6.04 Å². The standard InChI is InChI=1S/C15H28N2/c1-5-10-17-11-8-9-14(12-17)13(4)16-15(6-2)7-3/h2,13-16H,5,7-12H2,1,3-4H3. The number of likely N-dealkylation sites (tertiary alicyclic amines) is 1. The van der Waals surface area contributed by atoms with Crippen LogP contribution < -0.4 is 5.32 Å². The molecule has 0 aromatic rings. The molecule has 98 valence electrons. The molecule has 0 aliphatic carbocycles. The summed E-state index contributed by atoms with van der Waals surface area (Å²) in [7, 11) is 0. The Hall–Kier alpha value is -0.520. The van der Waals surface area contributed by atoms with Crippen LogP contribution in [0.1, 0.15) is 46.5 Å². The summed E-state index contributed by atoms with van der Waals surface area (Å²) in [6.45, 7) is 10.5. The van der Waals surface area contributed by atoms with E-state index in [0.717, 1.165) is 12.3 Å². The van der Waals surface area contributed by atoms with Crippen LogP contribution in [0.5, 0.6) is 0 Å². The maximum atomic E-state index is 5.51. The van der Waals surface area contributed by atoms with Gasteiger partial charge >= 0.3 is 0 Å². The molecule has 0 spiro atoms. The van der Waals surface area contributed by atoms with Crippen molar-refractivity contribution in [2.45, 2.75) is 58.5 Å². The minimum atomic E-state index is 0.242. The minimum absolute atomic E-state index is 0.242. The third-order valence-electron chi connectivity index (χ3n) is 3.86. The summed E-state index contributed by atoms with van der Waals surface area (Å²) < 4.78 is 0. The molecular weight excluding hydrogens is 208 g/mol. The molecular formula is C15H28N2. The Labute approximate surface area is 107 Å². The number of rotatable bonds is 6. The summed E-state index contributed by atoms with van der Waals surface area (Å²) in [5, 5.41) is 3.59. The summed E-state index contributed by atoms with van der Waals surface area (Å²) in [5.41, 5.74) is 0. The fraction of sp³-hybridized carbons (Fsp3) is 0.867. The number of nitrogens with one attached hydrogen (secondary N) is 1. The zero-order valence-electron chi connectivity index (χ0n) is 11.7. The lowest BCUT2D eigenvalue weighted by Crippen LogP contribution is -2.47. The zero-order chi connectivity index (χ0) is 12.7. The largest absolute Gasteiger partial charge is 0.303 e. The van der Waals surface area contributed by atoms with Gasteiger partial charge in [-0.15, -0.1) is 6.42 Å². The summed E-state index contributed by atoms with van der Waals surface area (Å²) in [6.07, 6.45) is 10.5. The van der Waals surface area contributed by atoms with E-state index in [0.29, 0.717) is 6.04 Å². The number of nitrogens with zero attached hydrogens (tertiary/aromatic N) is 1. The maximum Gasteiger partial charge on any atom is 0.0686 e. The monoisotopic (exact) mass is 236 g/mol. The summed E-state index contributed by atoms with van der Waals surface area (Å²) >= 11 is 0. The Morgan fingerprint density at radius 3 is 2.82 bits per heavy atom. The van der Waals surface area contributed by atoms with E-state index in [4.69, 9.17) is 6.42 Å². The molecule has 1 rings (SSSR count). The Bertz CT molecular complexity index is 242. The smallest absolute Gasteiger partial charge is 0.0686 e. The second-order valence-corrected chi connectivity index (χ2v) is 5.29. The van der Waals surface area contributed by atoms with Gasteiger partial charge in [0.25, 0.3) is 0 Å². The topological polar surface area (TPSA) is 15.3 Å². The third kappa shape index (κ3) is 4.69. The molecule has 1 saturated heterocycles. The van der Waals surface area contributed by atoms with Crippen molar-refractivity contribution in [2.24, 2.45) is 5.92 Å². The van der Waals surface area contributed by atoms with Crippen molar-refractivity contribution in [3.63, 3.8) is 0 Å². The SMILES string of the molecule is C#CC(CC)NC(C)C1CCCN(CCC)C1. The van der Waals surface area contributed by atoms with Crippen molar-refractivity contribution in [1.29, 1.82) is 0 Å². The average Bonchev–Trinajstić information content (AvgIpc) is 2.36. The van der Waals surface area contributed by atoms with E-state index >= 15 is 0 Å². The molecule has 0 amide bonds. The maximum absolute atomic E-state index is 5.51. The predicted octanol–water partition coefficient (Wildman–Crippen LogP) is 2.50.